The van der Waals surface area contributed by atoms with Gasteiger partial charge in [0.25, 0.3) is 0 Å². The van der Waals surface area contributed by atoms with Crippen molar-refractivity contribution in [3.05, 3.63) is 84.0 Å². The maximum absolute atomic E-state index is 11.9. The highest BCUT2D eigenvalue weighted by Crippen LogP contribution is 2.22. The lowest BCUT2D eigenvalue weighted by atomic mass is 10.0. The topological polar surface area (TPSA) is 91.3 Å². The molecule has 2 rings (SSSR count). The van der Waals surface area contributed by atoms with Gasteiger partial charge in [0.2, 0.25) is 0 Å². The zero-order valence-electron chi connectivity index (χ0n) is 21.9. The van der Waals surface area contributed by atoms with Crippen LogP contribution in [0.15, 0.2) is 72.8 Å². The van der Waals surface area contributed by atoms with Crippen LogP contribution in [0.5, 0.6) is 11.5 Å². The summed E-state index contributed by atoms with van der Waals surface area (Å²) in [5.74, 6) is -0.182. The summed E-state index contributed by atoms with van der Waals surface area (Å²) < 4.78 is 22.1. The second-order valence-corrected chi connectivity index (χ2v) is 8.80. The third-order valence-electron chi connectivity index (χ3n) is 5.62. The van der Waals surface area contributed by atoms with Crippen molar-refractivity contribution in [3.8, 4) is 11.5 Å². The Hall–Kier alpha value is -3.58. The molecule has 0 aliphatic carbocycles. The number of carbonyl (C=O) groups excluding carboxylic acids is 2. The fourth-order valence-corrected chi connectivity index (χ4v) is 3.37. The Balaban J connectivity index is 1.86. The standard InChI is InChI=1S/C30H38O7/c1-5-6-7-8-24-9-13-27(14-10-24)34-17-18-35-28-15-11-25(12-16-28)26(20-36-29(32)22(2)3)21-37-30(33)23(4)19-31/h9-16,26,31H,2,4-8,17-21H2,1,3H3. The molecule has 0 aliphatic rings. The Bertz CT molecular complexity index is 1010. The van der Waals surface area contributed by atoms with E-state index in [9.17, 15) is 9.59 Å². The van der Waals surface area contributed by atoms with Gasteiger partial charge in [-0.3, -0.25) is 0 Å². The summed E-state index contributed by atoms with van der Waals surface area (Å²) in [5, 5.41) is 9.05. The van der Waals surface area contributed by atoms with Gasteiger partial charge in [-0.05, 0) is 55.2 Å². The summed E-state index contributed by atoms with van der Waals surface area (Å²) in [5.41, 5.74) is 2.34. The minimum absolute atomic E-state index is 0.00396. The Kier molecular flexibility index (Phi) is 13.0. The van der Waals surface area contributed by atoms with E-state index in [1.54, 1.807) is 19.1 Å². The van der Waals surface area contributed by atoms with Crippen molar-refractivity contribution >= 4 is 11.9 Å². The van der Waals surface area contributed by atoms with Gasteiger partial charge in [-0.15, -0.1) is 0 Å². The fraction of sp³-hybridized carbons (Fsp3) is 0.400. The molecule has 1 atom stereocenters. The van der Waals surface area contributed by atoms with E-state index in [0.29, 0.717) is 19.0 Å². The minimum atomic E-state index is -0.704. The van der Waals surface area contributed by atoms with Gasteiger partial charge in [0, 0.05) is 5.57 Å². The number of hydrogen-bond donors (Lipinski definition) is 1. The number of rotatable bonds is 17. The Morgan fingerprint density at radius 3 is 1.89 bits per heavy atom. The van der Waals surface area contributed by atoms with E-state index in [1.807, 2.05) is 24.3 Å². The molecule has 0 amide bonds. The van der Waals surface area contributed by atoms with Gasteiger partial charge in [0.1, 0.15) is 37.9 Å². The van der Waals surface area contributed by atoms with Crippen molar-refractivity contribution in [1.82, 2.24) is 0 Å². The van der Waals surface area contributed by atoms with E-state index in [4.69, 9.17) is 24.1 Å². The summed E-state index contributed by atoms with van der Waals surface area (Å²) in [4.78, 5) is 23.7. The van der Waals surface area contributed by atoms with Crippen LogP contribution in [0.25, 0.3) is 0 Å². The molecule has 2 aromatic carbocycles. The first-order valence-corrected chi connectivity index (χ1v) is 12.6. The molecule has 0 bridgehead atoms. The number of carbonyl (C=O) groups is 2. The highest BCUT2D eigenvalue weighted by Gasteiger charge is 2.18. The number of hydrogen-bond acceptors (Lipinski definition) is 7. The lowest BCUT2D eigenvalue weighted by Crippen LogP contribution is -2.21. The van der Waals surface area contributed by atoms with Crippen LogP contribution in [0.1, 0.15) is 50.2 Å². The van der Waals surface area contributed by atoms with Crippen LogP contribution in [-0.2, 0) is 25.5 Å². The third kappa shape index (κ3) is 10.9. The molecule has 0 saturated heterocycles. The van der Waals surface area contributed by atoms with Crippen LogP contribution < -0.4 is 9.47 Å². The number of ether oxygens (including phenoxy) is 4. The zero-order valence-corrected chi connectivity index (χ0v) is 21.9. The monoisotopic (exact) mass is 510 g/mol. The average Bonchev–Trinajstić information content (AvgIpc) is 2.91. The molecular formula is C30H38O7. The summed E-state index contributed by atoms with van der Waals surface area (Å²) in [6, 6.07) is 15.4. The summed E-state index contributed by atoms with van der Waals surface area (Å²) >= 11 is 0. The van der Waals surface area contributed by atoms with Crippen LogP contribution in [0.3, 0.4) is 0 Å². The van der Waals surface area contributed by atoms with E-state index in [2.05, 4.69) is 32.2 Å². The van der Waals surface area contributed by atoms with Crippen LogP contribution in [0.4, 0.5) is 0 Å². The van der Waals surface area contributed by atoms with Crippen molar-refractivity contribution < 1.29 is 33.6 Å². The molecular weight excluding hydrogens is 472 g/mol. The summed E-state index contributed by atoms with van der Waals surface area (Å²) in [7, 11) is 0. The predicted octanol–water partition coefficient (Wildman–Crippen LogP) is 5.17. The molecule has 0 spiro atoms. The Morgan fingerprint density at radius 1 is 0.838 bits per heavy atom. The molecule has 0 heterocycles. The highest BCUT2D eigenvalue weighted by molar-refractivity contribution is 5.88. The van der Waals surface area contributed by atoms with E-state index in [-0.39, 0.29) is 24.4 Å². The molecule has 7 nitrogen and oxygen atoms in total. The molecule has 2 aromatic rings. The zero-order chi connectivity index (χ0) is 27.0. The van der Waals surface area contributed by atoms with Gasteiger partial charge in [-0.25, -0.2) is 9.59 Å². The lowest BCUT2D eigenvalue weighted by Gasteiger charge is -2.18. The fourth-order valence-electron chi connectivity index (χ4n) is 3.37. The first-order chi connectivity index (χ1) is 17.8. The van der Waals surface area contributed by atoms with E-state index >= 15 is 0 Å². The molecule has 0 fully saturated rings. The number of aliphatic hydroxyl groups is 1. The number of esters is 2. The van der Waals surface area contributed by atoms with E-state index < -0.39 is 24.5 Å². The van der Waals surface area contributed by atoms with Crippen molar-refractivity contribution in [2.45, 2.75) is 45.4 Å². The Morgan fingerprint density at radius 2 is 1.38 bits per heavy atom. The van der Waals surface area contributed by atoms with Crippen molar-refractivity contribution in [1.29, 1.82) is 0 Å². The smallest absolute Gasteiger partial charge is 0.335 e. The van der Waals surface area contributed by atoms with Crippen molar-refractivity contribution in [3.63, 3.8) is 0 Å². The maximum atomic E-state index is 11.9. The molecule has 200 valence electrons. The third-order valence-corrected chi connectivity index (χ3v) is 5.62. The molecule has 0 radical (unpaired) electrons. The van der Waals surface area contributed by atoms with E-state index in [0.717, 1.165) is 17.7 Å². The average molecular weight is 511 g/mol. The first kappa shape index (κ1) is 29.6. The van der Waals surface area contributed by atoms with Gasteiger partial charge in [-0.2, -0.15) is 0 Å². The van der Waals surface area contributed by atoms with Gasteiger partial charge in [-0.1, -0.05) is 57.2 Å². The summed E-state index contributed by atoms with van der Waals surface area (Å²) in [6.45, 7) is 11.0. The Labute approximate surface area is 219 Å². The number of benzene rings is 2. The highest BCUT2D eigenvalue weighted by atomic mass is 16.5. The normalized spacial score (nSPS) is 11.3. The quantitative estimate of drug-likeness (QED) is 0.178. The first-order valence-electron chi connectivity index (χ1n) is 12.6. The largest absolute Gasteiger partial charge is 0.490 e. The van der Waals surface area contributed by atoms with Gasteiger partial charge in [0.05, 0.1) is 18.1 Å². The second kappa shape index (κ2) is 16.2. The van der Waals surface area contributed by atoms with Crippen LogP contribution >= 0.6 is 0 Å². The molecule has 0 aromatic heterocycles. The molecule has 7 heteroatoms. The van der Waals surface area contributed by atoms with E-state index in [1.165, 1.54) is 24.8 Å². The van der Waals surface area contributed by atoms with Crippen molar-refractivity contribution in [2.75, 3.05) is 33.0 Å². The second-order valence-electron chi connectivity index (χ2n) is 8.80. The van der Waals surface area contributed by atoms with Gasteiger partial charge in [0.15, 0.2) is 0 Å². The SMILES string of the molecule is C=C(C)C(=O)OCC(COC(=O)C(=C)CO)c1ccc(OCCOc2ccc(CCCCC)cc2)cc1. The minimum Gasteiger partial charge on any atom is -0.490 e. The van der Waals surface area contributed by atoms with Gasteiger partial charge < -0.3 is 24.1 Å². The van der Waals surface area contributed by atoms with Crippen LogP contribution in [0, 0.1) is 0 Å². The molecule has 0 aliphatic heterocycles. The molecule has 1 N–H and O–H groups in total. The molecule has 0 saturated carbocycles. The molecule has 37 heavy (non-hydrogen) atoms. The number of aryl methyl sites for hydroxylation is 1. The number of unbranched alkanes of at least 4 members (excludes halogenated alkanes) is 2. The van der Waals surface area contributed by atoms with Crippen LogP contribution in [0.2, 0.25) is 0 Å². The van der Waals surface area contributed by atoms with Gasteiger partial charge >= 0.3 is 11.9 Å². The van der Waals surface area contributed by atoms with Crippen LogP contribution in [-0.4, -0.2) is 50.1 Å². The lowest BCUT2D eigenvalue weighted by molar-refractivity contribution is -0.142. The predicted molar refractivity (Wildman–Crippen MR) is 143 cm³/mol. The number of aliphatic hydroxyl groups excluding tert-OH is 1. The maximum Gasteiger partial charge on any atom is 0.335 e. The molecule has 1 unspecified atom stereocenters. The van der Waals surface area contributed by atoms with Crippen molar-refractivity contribution in [2.24, 2.45) is 0 Å². The summed E-state index contributed by atoms with van der Waals surface area (Å²) in [6.07, 6.45) is 4.75.